The molecule has 0 aromatic rings. The molecule has 12 heavy (non-hydrogen) atoms. The lowest BCUT2D eigenvalue weighted by molar-refractivity contribution is -0.147. The van der Waals surface area contributed by atoms with Crippen LogP contribution in [0.4, 0.5) is 0 Å². The molecular formula is C6H14O6. The lowest BCUT2D eigenvalue weighted by Gasteiger charge is -1.80. The second kappa shape index (κ2) is 16.4. The Morgan fingerprint density at radius 2 is 1.25 bits per heavy atom. The third-order valence-corrected chi connectivity index (χ3v) is 0.302. The van der Waals surface area contributed by atoms with Crippen molar-refractivity contribution in [2.24, 2.45) is 0 Å². The predicted molar refractivity (Wildman–Crippen MR) is 40.8 cm³/mol. The summed E-state index contributed by atoms with van der Waals surface area (Å²) in [6.45, 7) is 1.93. The summed E-state index contributed by atoms with van der Waals surface area (Å²) in [6, 6.07) is 0. The summed E-state index contributed by atoms with van der Waals surface area (Å²) in [5.74, 6) is -2.62. The van der Waals surface area contributed by atoms with Crippen LogP contribution in [0.15, 0.2) is 0 Å². The molecule has 0 aliphatic heterocycles. The minimum atomic E-state index is -1.31. The molecule has 0 atom stereocenters. The zero-order valence-electron chi connectivity index (χ0n) is 7.02. The lowest BCUT2D eigenvalue weighted by atomic mass is 10.5. The highest BCUT2D eigenvalue weighted by Gasteiger charge is 2.01. The van der Waals surface area contributed by atoms with E-state index in [0.29, 0.717) is 0 Å². The van der Waals surface area contributed by atoms with E-state index >= 15 is 0 Å². The van der Waals surface area contributed by atoms with Crippen LogP contribution in [-0.2, 0) is 9.59 Å². The van der Waals surface area contributed by atoms with Gasteiger partial charge < -0.3 is 20.4 Å². The molecule has 0 bridgehead atoms. The predicted octanol–water partition coefficient (Wildman–Crippen LogP) is -0.847. The minimum absolute atomic E-state index is 0.250. The van der Waals surface area contributed by atoms with Crippen molar-refractivity contribution in [3.8, 4) is 0 Å². The van der Waals surface area contributed by atoms with E-state index in [9.17, 15) is 9.59 Å². The van der Waals surface area contributed by atoms with Gasteiger partial charge in [0.1, 0.15) is 6.42 Å². The van der Waals surface area contributed by atoms with Crippen molar-refractivity contribution in [2.75, 3.05) is 13.7 Å². The van der Waals surface area contributed by atoms with E-state index in [1.54, 1.807) is 6.92 Å². The summed E-state index contributed by atoms with van der Waals surface area (Å²) in [5.41, 5.74) is 0. The smallest absolute Gasteiger partial charge is 0.314 e. The molecule has 0 heterocycles. The van der Waals surface area contributed by atoms with Gasteiger partial charge in [0.15, 0.2) is 0 Å². The average molecular weight is 182 g/mol. The van der Waals surface area contributed by atoms with Gasteiger partial charge in [-0.2, -0.15) is 0 Å². The van der Waals surface area contributed by atoms with Crippen molar-refractivity contribution in [1.29, 1.82) is 0 Å². The third kappa shape index (κ3) is 66.9. The number of rotatable bonds is 2. The van der Waals surface area contributed by atoms with Crippen molar-refractivity contribution < 1.29 is 30.0 Å². The minimum Gasteiger partial charge on any atom is -0.481 e. The number of carbonyl (C=O) groups is 2. The van der Waals surface area contributed by atoms with Crippen LogP contribution < -0.4 is 0 Å². The summed E-state index contributed by atoms with van der Waals surface area (Å²) < 4.78 is 0. The fourth-order valence-electron chi connectivity index (χ4n) is 0.129. The molecule has 0 rings (SSSR count). The van der Waals surface area contributed by atoms with Gasteiger partial charge in [-0.1, -0.05) is 0 Å². The molecule has 0 aliphatic carbocycles. The van der Waals surface area contributed by atoms with Crippen LogP contribution in [0.3, 0.4) is 0 Å². The van der Waals surface area contributed by atoms with Crippen molar-refractivity contribution in [1.82, 2.24) is 0 Å². The lowest BCUT2D eigenvalue weighted by Crippen LogP contribution is -2.03. The fourth-order valence-corrected chi connectivity index (χ4v) is 0.129. The van der Waals surface area contributed by atoms with Crippen molar-refractivity contribution in [2.45, 2.75) is 13.3 Å². The average Bonchev–Trinajstić information content (AvgIpc) is 1.90. The summed E-state index contributed by atoms with van der Waals surface area (Å²) in [4.78, 5) is 18.9. The highest BCUT2D eigenvalue weighted by Crippen LogP contribution is 1.74. The number of hydrogen-bond donors (Lipinski definition) is 4. The van der Waals surface area contributed by atoms with Crippen LogP contribution in [0, 0.1) is 0 Å². The molecule has 0 saturated heterocycles. The Labute approximate surface area is 70.1 Å². The topological polar surface area (TPSA) is 115 Å². The van der Waals surface area contributed by atoms with Crippen LogP contribution in [-0.4, -0.2) is 46.1 Å². The Bertz CT molecular complexity index is 98.6. The van der Waals surface area contributed by atoms with E-state index in [1.165, 1.54) is 0 Å². The van der Waals surface area contributed by atoms with E-state index in [2.05, 4.69) is 0 Å². The monoisotopic (exact) mass is 182 g/mol. The highest BCUT2D eigenvalue weighted by atomic mass is 16.4. The fraction of sp³-hybridized carbons (Fsp3) is 0.667. The SMILES string of the molecule is CCO.CO.O=C(O)CC(=O)O. The molecular weight excluding hydrogens is 168 g/mol. The van der Waals surface area contributed by atoms with E-state index in [1.807, 2.05) is 0 Å². The Balaban J connectivity index is -0.000000137. The molecule has 4 N–H and O–H groups in total. The number of aliphatic hydroxyl groups excluding tert-OH is 2. The second-order valence-electron chi connectivity index (χ2n) is 1.28. The quantitative estimate of drug-likeness (QED) is 0.413. The van der Waals surface area contributed by atoms with Gasteiger partial charge in [-0.25, -0.2) is 0 Å². The van der Waals surface area contributed by atoms with Crippen molar-refractivity contribution in [3.63, 3.8) is 0 Å². The Hall–Kier alpha value is -1.14. The molecule has 0 fully saturated rings. The highest BCUT2D eigenvalue weighted by molar-refractivity contribution is 5.88. The zero-order chi connectivity index (χ0) is 10.6. The molecule has 0 radical (unpaired) electrons. The number of carboxylic acid groups (broad SMARTS) is 2. The second-order valence-corrected chi connectivity index (χ2v) is 1.28. The maximum Gasteiger partial charge on any atom is 0.314 e. The van der Waals surface area contributed by atoms with Crippen molar-refractivity contribution in [3.05, 3.63) is 0 Å². The molecule has 0 aliphatic rings. The molecule has 0 aromatic heterocycles. The number of aliphatic carboxylic acids is 2. The maximum absolute atomic E-state index is 9.43. The first-order valence-corrected chi connectivity index (χ1v) is 3.03. The normalized spacial score (nSPS) is 6.67. The summed E-state index contributed by atoms with van der Waals surface area (Å²) in [6.07, 6.45) is -0.806. The molecule has 0 saturated carbocycles. The van der Waals surface area contributed by atoms with E-state index in [4.69, 9.17) is 20.4 Å². The molecule has 0 amide bonds. The molecule has 74 valence electrons. The van der Waals surface area contributed by atoms with Gasteiger partial charge in [0.05, 0.1) is 0 Å². The standard InChI is InChI=1S/C3H4O4.C2H6O.CH4O/c4-2(5)1-3(6)7;1-2-3;1-2/h1H2,(H,4,5)(H,6,7);3H,2H2,1H3;2H,1H3. The van der Waals surface area contributed by atoms with Crippen LogP contribution in [0.2, 0.25) is 0 Å². The van der Waals surface area contributed by atoms with Gasteiger partial charge in [0.2, 0.25) is 0 Å². The molecule has 0 spiro atoms. The first-order valence-electron chi connectivity index (χ1n) is 3.03. The summed E-state index contributed by atoms with van der Waals surface area (Å²) >= 11 is 0. The molecule has 0 unspecified atom stereocenters. The summed E-state index contributed by atoms with van der Waals surface area (Å²) in [5, 5.41) is 30.0. The summed E-state index contributed by atoms with van der Waals surface area (Å²) in [7, 11) is 1.00. The third-order valence-electron chi connectivity index (χ3n) is 0.302. The van der Waals surface area contributed by atoms with Gasteiger partial charge in [0.25, 0.3) is 0 Å². The molecule has 6 nitrogen and oxygen atoms in total. The van der Waals surface area contributed by atoms with Gasteiger partial charge in [0, 0.05) is 13.7 Å². The van der Waals surface area contributed by atoms with E-state index in [-0.39, 0.29) is 6.61 Å². The van der Waals surface area contributed by atoms with Gasteiger partial charge >= 0.3 is 11.9 Å². The largest absolute Gasteiger partial charge is 0.481 e. The van der Waals surface area contributed by atoms with Crippen LogP contribution >= 0.6 is 0 Å². The molecule has 0 aromatic carbocycles. The zero-order valence-corrected chi connectivity index (χ0v) is 7.02. The van der Waals surface area contributed by atoms with Gasteiger partial charge in [-0.05, 0) is 6.92 Å². The van der Waals surface area contributed by atoms with Gasteiger partial charge in [-0.15, -0.1) is 0 Å². The van der Waals surface area contributed by atoms with E-state index < -0.39 is 18.4 Å². The Kier molecular flexibility index (Phi) is 23.4. The first kappa shape index (κ1) is 17.1. The van der Waals surface area contributed by atoms with Crippen LogP contribution in [0.1, 0.15) is 13.3 Å². The first-order chi connectivity index (χ1) is 5.54. The number of aliphatic hydroxyl groups is 2. The maximum atomic E-state index is 9.43. The van der Waals surface area contributed by atoms with Crippen LogP contribution in [0.25, 0.3) is 0 Å². The van der Waals surface area contributed by atoms with Gasteiger partial charge in [-0.3, -0.25) is 9.59 Å². The number of hydrogen-bond acceptors (Lipinski definition) is 4. The van der Waals surface area contributed by atoms with Crippen molar-refractivity contribution >= 4 is 11.9 Å². The number of carboxylic acids is 2. The van der Waals surface area contributed by atoms with Crippen LogP contribution in [0.5, 0.6) is 0 Å². The molecule has 6 heteroatoms. The van der Waals surface area contributed by atoms with E-state index in [0.717, 1.165) is 7.11 Å². The Morgan fingerprint density at radius 3 is 1.25 bits per heavy atom. The Morgan fingerprint density at radius 1 is 1.08 bits per heavy atom.